The Morgan fingerprint density at radius 3 is 2.73 bits per heavy atom. The van der Waals surface area contributed by atoms with Crippen molar-refractivity contribution in [2.45, 2.75) is 59.4 Å². The Labute approximate surface area is 178 Å². The molecule has 3 rings (SSSR count). The molecule has 0 unspecified atom stereocenters. The molecule has 1 aliphatic rings. The predicted octanol–water partition coefficient (Wildman–Crippen LogP) is 5.07. The molecule has 0 saturated carbocycles. The van der Waals surface area contributed by atoms with E-state index in [0.717, 1.165) is 72.0 Å². The minimum atomic E-state index is -0.925. The van der Waals surface area contributed by atoms with E-state index in [2.05, 4.69) is 16.8 Å². The summed E-state index contributed by atoms with van der Waals surface area (Å²) in [5.41, 5.74) is 5.23. The van der Waals surface area contributed by atoms with E-state index >= 15 is 0 Å². The van der Waals surface area contributed by atoms with Crippen molar-refractivity contribution in [1.82, 2.24) is 9.88 Å². The second-order valence-corrected chi connectivity index (χ2v) is 7.85. The summed E-state index contributed by atoms with van der Waals surface area (Å²) in [5.74, 6) is 0.968. The number of carboxylic acid groups (broad SMARTS) is 1. The molecule has 0 fully saturated rings. The number of carbonyl (C=O) groups is 1. The summed E-state index contributed by atoms with van der Waals surface area (Å²) in [6.45, 7) is 7.97. The molecule has 1 aromatic carbocycles. The van der Waals surface area contributed by atoms with Crippen molar-refractivity contribution in [2.24, 2.45) is 4.99 Å². The van der Waals surface area contributed by atoms with Gasteiger partial charge in [0.25, 0.3) is 0 Å². The molecule has 0 spiro atoms. The number of fused-ring (bicyclic) bond motifs is 1. The van der Waals surface area contributed by atoms with Crippen LogP contribution in [-0.4, -0.2) is 40.4 Å². The zero-order valence-electron chi connectivity index (χ0n) is 18.4. The number of rotatable bonds is 9. The number of unbranched alkanes of at least 4 members (excludes halogenated alkanes) is 2. The molecule has 6 nitrogen and oxygen atoms in total. The molecule has 0 saturated heterocycles. The lowest BCUT2D eigenvalue weighted by Gasteiger charge is -2.31. The molecule has 1 aromatic heterocycles. The zero-order chi connectivity index (χ0) is 21.7. The van der Waals surface area contributed by atoms with Crippen molar-refractivity contribution in [3.8, 4) is 5.75 Å². The third kappa shape index (κ3) is 4.81. The van der Waals surface area contributed by atoms with Crippen LogP contribution in [-0.2, 0) is 13.0 Å². The zero-order valence-corrected chi connectivity index (χ0v) is 18.4. The standard InChI is InChI=1S/C24H31N3O3/c1-5-6-7-12-27-15-19-9-8-18(24(28)29)13-21(19)26-22(27)11-10-20-17(3)23(30-4)16(2)14-25-20/h8-9,13-14H,5-7,10-12,15H2,1-4H3,(H,28,29). The van der Waals surface area contributed by atoms with Gasteiger partial charge in [-0.05, 0) is 44.4 Å². The number of aromatic carboxylic acids is 1. The maximum Gasteiger partial charge on any atom is 0.335 e. The fourth-order valence-corrected chi connectivity index (χ4v) is 3.97. The van der Waals surface area contributed by atoms with Crippen LogP contribution in [0.4, 0.5) is 5.69 Å². The number of ether oxygens (including phenoxy) is 1. The quantitative estimate of drug-likeness (QED) is 0.585. The van der Waals surface area contributed by atoms with Gasteiger partial charge in [-0.2, -0.15) is 0 Å². The fraction of sp³-hybridized carbons (Fsp3) is 0.458. The Kier molecular flexibility index (Phi) is 7.08. The molecule has 0 atom stereocenters. The number of pyridine rings is 1. The first kappa shape index (κ1) is 21.8. The number of benzene rings is 1. The van der Waals surface area contributed by atoms with Gasteiger partial charge in [-0.25, -0.2) is 9.79 Å². The van der Waals surface area contributed by atoms with Crippen molar-refractivity contribution >= 4 is 17.5 Å². The van der Waals surface area contributed by atoms with Crippen LogP contribution in [0.2, 0.25) is 0 Å². The first-order valence-electron chi connectivity index (χ1n) is 10.6. The Morgan fingerprint density at radius 2 is 2.03 bits per heavy atom. The largest absolute Gasteiger partial charge is 0.496 e. The molecular formula is C24H31N3O3. The lowest BCUT2D eigenvalue weighted by atomic mass is 10.0. The van der Waals surface area contributed by atoms with Gasteiger partial charge < -0.3 is 14.7 Å². The van der Waals surface area contributed by atoms with E-state index in [0.29, 0.717) is 0 Å². The van der Waals surface area contributed by atoms with Crippen molar-refractivity contribution in [3.63, 3.8) is 0 Å². The number of aryl methyl sites for hydroxylation is 2. The number of hydrogen-bond acceptors (Lipinski definition) is 5. The van der Waals surface area contributed by atoms with Gasteiger partial charge in [0.15, 0.2) is 0 Å². The Morgan fingerprint density at radius 1 is 1.23 bits per heavy atom. The predicted molar refractivity (Wildman–Crippen MR) is 119 cm³/mol. The number of hydrogen-bond donors (Lipinski definition) is 1. The van der Waals surface area contributed by atoms with Gasteiger partial charge >= 0.3 is 5.97 Å². The number of aromatic nitrogens is 1. The molecule has 2 aromatic rings. The number of carboxylic acids is 1. The molecule has 2 heterocycles. The van der Waals surface area contributed by atoms with Gasteiger partial charge in [0.1, 0.15) is 11.6 Å². The average molecular weight is 410 g/mol. The summed E-state index contributed by atoms with van der Waals surface area (Å²) in [4.78, 5) is 23.2. The van der Waals surface area contributed by atoms with Crippen LogP contribution in [0.15, 0.2) is 29.4 Å². The van der Waals surface area contributed by atoms with Gasteiger partial charge in [0.2, 0.25) is 0 Å². The highest BCUT2D eigenvalue weighted by Gasteiger charge is 2.21. The van der Waals surface area contributed by atoms with Crippen LogP contribution in [0.3, 0.4) is 0 Å². The molecule has 1 aliphatic heterocycles. The molecule has 1 N–H and O–H groups in total. The van der Waals surface area contributed by atoms with E-state index in [-0.39, 0.29) is 5.56 Å². The van der Waals surface area contributed by atoms with Gasteiger partial charge in [0.05, 0.1) is 18.4 Å². The first-order valence-corrected chi connectivity index (χ1v) is 10.6. The van der Waals surface area contributed by atoms with Crippen molar-refractivity contribution in [3.05, 3.63) is 52.3 Å². The number of nitrogens with zero attached hydrogens (tertiary/aromatic N) is 3. The molecule has 160 valence electrons. The highest BCUT2D eigenvalue weighted by molar-refractivity contribution is 5.91. The summed E-state index contributed by atoms with van der Waals surface area (Å²) >= 11 is 0. The molecule has 0 amide bonds. The van der Waals surface area contributed by atoms with Crippen LogP contribution in [0.1, 0.15) is 65.3 Å². The second kappa shape index (κ2) is 9.74. The van der Waals surface area contributed by atoms with Crippen LogP contribution in [0.5, 0.6) is 5.75 Å². The lowest BCUT2D eigenvalue weighted by Crippen LogP contribution is -2.34. The Hall–Kier alpha value is -2.89. The van der Waals surface area contributed by atoms with Crippen LogP contribution in [0.25, 0.3) is 0 Å². The second-order valence-electron chi connectivity index (χ2n) is 7.85. The summed E-state index contributed by atoms with van der Waals surface area (Å²) < 4.78 is 5.54. The maximum absolute atomic E-state index is 11.4. The van der Waals surface area contributed by atoms with Crippen LogP contribution < -0.4 is 4.74 Å². The van der Waals surface area contributed by atoms with Crippen LogP contribution in [0, 0.1) is 13.8 Å². The van der Waals surface area contributed by atoms with E-state index < -0.39 is 5.97 Å². The van der Waals surface area contributed by atoms with E-state index in [1.165, 1.54) is 12.8 Å². The van der Waals surface area contributed by atoms with E-state index in [9.17, 15) is 9.90 Å². The van der Waals surface area contributed by atoms with E-state index in [4.69, 9.17) is 9.73 Å². The minimum Gasteiger partial charge on any atom is -0.496 e. The molecule has 0 bridgehead atoms. The fourth-order valence-electron chi connectivity index (χ4n) is 3.97. The SMILES string of the molecule is CCCCCN1Cc2ccc(C(=O)O)cc2N=C1CCc1ncc(C)c(OC)c1C. The number of methoxy groups -OCH3 is 1. The van der Waals surface area contributed by atoms with Gasteiger partial charge in [-0.3, -0.25) is 4.98 Å². The summed E-state index contributed by atoms with van der Waals surface area (Å²) in [6.07, 6.45) is 6.85. The Bertz CT molecular complexity index is 953. The van der Waals surface area contributed by atoms with Gasteiger partial charge in [0, 0.05) is 42.5 Å². The third-order valence-electron chi connectivity index (χ3n) is 5.67. The smallest absolute Gasteiger partial charge is 0.335 e. The third-order valence-corrected chi connectivity index (χ3v) is 5.67. The van der Waals surface area contributed by atoms with Crippen molar-refractivity contribution in [2.75, 3.05) is 13.7 Å². The molecule has 30 heavy (non-hydrogen) atoms. The number of aliphatic imine (C=N–C) groups is 1. The molecule has 0 radical (unpaired) electrons. The highest BCUT2D eigenvalue weighted by atomic mass is 16.5. The monoisotopic (exact) mass is 409 g/mol. The minimum absolute atomic E-state index is 0.275. The normalized spacial score (nSPS) is 13.1. The highest BCUT2D eigenvalue weighted by Crippen LogP contribution is 2.30. The number of amidine groups is 1. The average Bonchev–Trinajstić information content (AvgIpc) is 2.73. The molecular weight excluding hydrogens is 378 g/mol. The van der Waals surface area contributed by atoms with Gasteiger partial charge in [-0.1, -0.05) is 25.8 Å². The van der Waals surface area contributed by atoms with E-state index in [1.54, 1.807) is 19.2 Å². The van der Waals surface area contributed by atoms with Crippen molar-refractivity contribution < 1.29 is 14.6 Å². The van der Waals surface area contributed by atoms with Crippen molar-refractivity contribution in [1.29, 1.82) is 0 Å². The molecule has 6 heteroatoms. The Balaban J connectivity index is 1.86. The molecule has 0 aliphatic carbocycles. The summed E-state index contributed by atoms with van der Waals surface area (Å²) in [6, 6.07) is 5.24. The first-order chi connectivity index (χ1) is 14.4. The lowest BCUT2D eigenvalue weighted by molar-refractivity contribution is 0.0697. The maximum atomic E-state index is 11.4. The van der Waals surface area contributed by atoms with Gasteiger partial charge in [-0.15, -0.1) is 0 Å². The summed E-state index contributed by atoms with van der Waals surface area (Å²) in [5, 5.41) is 9.32. The topological polar surface area (TPSA) is 75.0 Å². The van der Waals surface area contributed by atoms with Crippen LogP contribution >= 0.6 is 0 Å². The van der Waals surface area contributed by atoms with E-state index in [1.807, 2.05) is 26.1 Å². The summed E-state index contributed by atoms with van der Waals surface area (Å²) in [7, 11) is 1.69.